The third-order valence-electron chi connectivity index (χ3n) is 8.61. The number of carbonyl (C=O) groups excluding carboxylic acids is 1. The van der Waals surface area contributed by atoms with Gasteiger partial charge in [-0.1, -0.05) is 54.9 Å². The zero-order valence-corrected chi connectivity index (χ0v) is 22.7. The number of anilines is 1. The van der Waals surface area contributed by atoms with E-state index in [2.05, 4.69) is 10.2 Å². The molecule has 0 radical (unpaired) electrons. The molecule has 1 fully saturated rings. The fraction of sp³-hybridized carbons (Fsp3) is 0.300. The van der Waals surface area contributed by atoms with Crippen molar-refractivity contribution in [2.45, 2.75) is 37.4 Å². The lowest BCUT2D eigenvalue weighted by Gasteiger charge is -2.40. The van der Waals surface area contributed by atoms with E-state index in [0.717, 1.165) is 11.1 Å². The van der Waals surface area contributed by atoms with Crippen LogP contribution < -0.4 is 5.32 Å². The standard InChI is InChI=1S/C29H23Cl2FN4O4.CH4/c1-40-10-9-35-23-13-22-16-7-5-14(27(37)38)11-20(16)34-36(22)26(23)24(17-3-2-4-19(31)25(17)32)29(35)18-8-6-15(30)12-21(18)33-28(29)39;/h2-8,11-12,23-24,26H,9-10,13H2,1H3,(H,33,39)(H,37,38);1H4/t23-,24-,26+,29+;/m0./s1. The highest BCUT2D eigenvalue weighted by atomic mass is 35.5. The maximum atomic E-state index is 16.0. The monoisotopic (exact) mass is 596 g/mol. The first-order chi connectivity index (χ1) is 19.3. The fourth-order valence-electron chi connectivity index (χ4n) is 7.16. The van der Waals surface area contributed by atoms with E-state index >= 15 is 4.39 Å². The van der Waals surface area contributed by atoms with E-state index in [1.807, 2.05) is 10.7 Å². The van der Waals surface area contributed by atoms with Crippen LogP contribution in [0.3, 0.4) is 0 Å². The van der Waals surface area contributed by atoms with Crippen molar-refractivity contribution in [2.24, 2.45) is 0 Å². The van der Waals surface area contributed by atoms with Crippen molar-refractivity contribution in [1.82, 2.24) is 14.7 Å². The van der Waals surface area contributed by atoms with Crippen LogP contribution in [0, 0.1) is 5.82 Å². The van der Waals surface area contributed by atoms with Gasteiger partial charge >= 0.3 is 5.97 Å². The van der Waals surface area contributed by atoms with E-state index < -0.39 is 29.3 Å². The Labute approximate surface area is 245 Å². The summed E-state index contributed by atoms with van der Waals surface area (Å²) in [5.41, 5.74) is 1.84. The van der Waals surface area contributed by atoms with Crippen molar-refractivity contribution in [3.8, 4) is 0 Å². The average molecular weight is 597 g/mol. The minimum absolute atomic E-state index is 0. The van der Waals surface area contributed by atoms with E-state index in [0.29, 0.717) is 46.9 Å². The molecule has 4 heterocycles. The number of halogens is 3. The number of likely N-dealkylation sites (tertiary alicyclic amines) is 1. The number of methoxy groups -OCH3 is 1. The Morgan fingerprint density at radius 2 is 2.02 bits per heavy atom. The van der Waals surface area contributed by atoms with E-state index in [9.17, 15) is 14.7 Å². The topological polar surface area (TPSA) is 96.7 Å². The third-order valence-corrected chi connectivity index (χ3v) is 9.14. The van der Waals surface area contributed by atoms with Crippen LogP contribution in [0.5, 0.6) is 0 Å². The van der Waals surface area contributed by atoms with Crippen LogP contribution in [0.2, 0.25) is 10.0 Å². The fourth-order valence-corrected chi connectivity index (χ4v) is 7.51. The molecule has 7 rings (SSSR count). The van der Waals surface area contributed by atoms with Crippen molar-refractivity contribution >= 4 is 51.7 Å². The minimum atomic E-state index is -1.30. The van der Waals surface area contributed by atoms with Crippen LogP contribution >= 0.6 is 23.2 Å². The molecule has 4 atom stereocenters. The molecule has 0 aliphatic carbocycles. The number of ether oxygens (including phenoxy) is 1. The Morgan fingerprint density at radius 1 is 1.22 bits per heavy atom. The molecule has 4 aromatic rings. The van der Waals surface area contributed by atoms with Crippen molar-refractivity contribution in [3.05, 3.63) is 92.8 Å². The van der Waals surface area contributed by atoms with Gasteiger partial charge in [-0.15, -0.1) is 0 Å². The molecule has 11 heteroatoms. The quantitative estimate of drug-likeness (QED) is 0.299. The Hall–Kier alpha value is -3.50. The zero-order valence-electron chi connectivity index (χ0n) is 21.2. The van der Waals surface area contributed by atoms with Gasteiger partial charge in [0, 0.05) is 59.4 Å². The first-order valence-electron chi connectivity index (χ1n) is 12.8. The number of carbonyl (C=O) groups is 2. The van der Waals surface area contributed by atoms with Crippen molar-refractivity contribution in [2.75, 3.05) is 25.6 Å². The molecule has 0 saturated carbocycles. The number of nitrogens with zero attached hydrogens (tertiary/aromatic N) is 3. The molecule has 1 spiro atoms. The Balaban J connectivity index is 0.00000302. The van der Waals surface area contributed by atoms with Gasteiger partial charge in [0.2, 0.25) is 5.91 Å². The van der Waals surface area contributed by atoms with Gasteiger partial charge < -0.3 is 15.2 Å². The highest BCUT2D eigenvalue weighted by molar-refractivity contribution is 6.31. The van der Waals surface area contributed by atoms with Crippen LogP contribution in [-0.2, 0) is 21.5 Å². The average Bonchev–Trinajstić information content (AvgIpc) is 3.61. The van der Waals surface area contributed by atoms with E-state index in [-0.39, 0.29) is 30.0 Å². The Morgan fingerprint density at radius 3 is 2.78 bits per heavy atom. The second-order valence-electron chi connectivity index (χ2n) is 10.4. The summed E-state index contributed by atoms with van der Waals surface area (Å²) in [5, 5.41) is 18.7. The number of fused-ring (bicyclic) bond motifs is 7. The highest BCUT2D eigenvalue weighted by Gasteiger charge is 2.69. The van der Waals surface area contributed by atoms with Gasteiger partial charge in [0.25, 0.3) is 0 Å². The summed E-state index contributed by atoms with van der Waals surface area (Å²) < 4.78 is 23.3. The van der Waals surface area contributed by atoms with Crippen LogP contribution in [0.25, 0.3) is 10.9 Å². The summed E-state index contributed by atoms with van der Waals surface area (Å²) in [6.07, 6.45) is 0.522. The number of nitrogens with one attached hydrogen (secondary N) is 1. The van der Waals surface area contributed by atoms with Gasteiger partial charge in [0.15, 0.2) is 0 Å². The number of rotatable bonds is 5. The first kappa shape index (κ1) is 27.7. The Kier molecular flexibility index (Phi) is 6.61. The predicted octanol–water partition coefficient (Wildman–Crippen LogP) is 5.88. The molecule has 3 aromatic carbocycles. The van der Waals surface area contributed by atoms with Gasteiger partial charge in [0.05, 0.1) is 28.8 Å². The number of amides is 1. The first-order valence-corrected chi connectivity index (χ1v) is 13.6. The number of carboxylic acid groups (broad SMARTS) is 1. The zero-order chi connectivity index (χ0) is 27.9. The molecule has 3 aliphatic heterocycles. The normalized spacial score (nSPS) is 24.3. The summed E-state index contributed by atoms with van der Waals surface area (Å²) >= 11 is 12.6. The molecule has 0 unspecified atom stereocenters. The summed E-state index contributed by atoms with van der Waals surface area (Å²) in [6, 6.07) is 14.3. The summed E-state index contributed by atoms with van der Waals surface area (Å²) in [7, 11) is 1.60. The van der Waals surface area contributed by atoms with Gasteiger partial charge in [0.1, 0.15) is 11.4 Å². The van der Waals surface area contributed by atoms with Crippen LogP contribution in [0.1, 0.15) is 46.6 Å². The van der Waals surface area contributed by atoms with E-state index in [1.165, 1.54) is 6.07 Å². The molecule has 1 aromatic heterocycles. The van der Waals surface area contributed by atoms with Gasteiger partial charge in [-0.3, -0.25) is 14.4 Å². The van der Waals surface area contributed by atoms with Gasteiger partial charge in [-0.05, 0) is 35.9 Å². The number of hydrogen-bond acceptors (Lipinski definition) is 5. The smallest absolute Gasteiger partial charge is 0.335 e. The number of benzene rings is 3. The highest BCUT2D eigenvalue weighted by Crippen LogP contribution is 2.63. The molecule has 41 heavy (non-hydrogen) atoms. The summed E-state index contributed by atoms with van der Waals surface area (Å²) in [6.45, 7) is 0.745. The number of hydrogen-bond donors (Lipinski definition) is 2. The molecule has 0 bridgehead atoms. The van der Waals surface area contributed by atoms with Crippen LogP contribution in [0.15, 0.2) is 54.6 Å². The predicted molar refractivity (Wildman–Crippen MR) is 154 cm³/mol. The molecule has 1 amide bonds. The molecular formula is C30H27Cl2FN4O4. The van der Waals surface area contributed by atoms with Crippen LogP contribution in [-0.4, -0.2) is 58.0 Å². The lowest BCUT2D eigenvalue weighted by atomic mass is 9.73. The summed E-state index contributed by atoms with van der Waals surface area (Å²) in [5.74, 6) is -2.65. The van der Waals surface area contributed by atoms with Gasteiger partial charge in [-0.2, -0.15) is 5.10 Å². The minimum Gasteiger partial charge on any atom is -0.478 e. The second kappa shape index (κ2) is 9.80. The van der Waals surface area contributed by atoms with Crippen molar-refractivity contribution in [3.63, 3.8) is 0 Å². The molecule has 212 valence electrons. The molecular weight excluding hydrogens is 570 g/mol. The Bertz CT molecular complexity index is 1740. The lowest BCUT2D eigenvalue weighted by Crippen LogP contribution is -2.53. The number of aromatic carboxylic acids is 1. The van der Waals surface area contributed by atoms with E-state index in [1.54, 1.807) is 49.6 Å². The maximum absolute atomic E-state index is 16.0. The second-order valence-corrected chi connectivity index (χ2v) is 11.3. The lowest BCUT2D eigenvalue weighted by molar-refractivity contribution is -0.128. The van der Waals surface area contributed by atoms with E-state index in [4.69, 9.17) is 33.0 Å². The van der Waals surface area contributed by atoms with Gasteiger partial charge in [-0.25, -0.2) is 9.18 Å². The molecule has 8 nitrogen and oxygen atoms in total. The van der Waals surface area contributed by atoms with Crippen molar-refractivity contribution in [1.29, 1.82) is 0 Å². The molecule has 1 saturated heterocycles. The molecule has 2 N–H and O–H groups in total. The van der Waals surface area contributed by atoms with Crippen molar-refractivity contribution < 1.29 is 23.8 Å². The maximum Gasteiger partial charge on any atom is 0.335 e. The SMILES string of the molecule is C.COCCN1[C@H]2Cc3c4ccc(C(=O)O)cc4nn3[C@H]2[C@H](c2cccc(Cl)c2F)[C@]12C(=O)Nc1cc(Cl)ccc12. The van der Waals surface area contributed by atoms with Crippen LogP contribution in [0.4, 0.5) is 10.1 Å². The number of carboxylic acids is 1. The third kappa shape index (κ3) is 3.69. The summed E-state index contributed by atoms with van der Waals surface area (Å²) in [4.78, 5) is 28.0. The number of aromatic nitrogens is 2. The largest absolute Gasteiger partial charge is 0.478 e. The molecule has 3 aliphatic rings.